The molecule has 7 heteroatoms. The van der Waals surface area contributed by atoms with Crippen molar-refractivity contribution in [3.05, 3.63) is 27.7 Å². The maximum absolute atomic E-state index is 11.8. The van der Waals surface area contributed by atoms with E-state index >= 15 is 0 Å². The third-order valence-electron chi connectivity index (χ3n) is 2.83. The lowest BCUT2D eigenvalue weighted by molar-refractivity contribution is -0.128. The zero-order chi connectivity index (χ0) is 14.0. The first-order valence-electron chi connectivity index (χ1n) is 5.69. The van der Waals surface area contributed by atoms with Gasteiger partial charge in [0, 0.05) is 12.4 Å². The lowest BCUT2D eigenvalue weighted by atomic mass is 10.2. The van der Waals surface area contributed by atoms with Crippen LogP contribution < -0.4 is 0 Å². The number of aromatic hydroxyl groups is 1. The van der Waals surface area contributed by atoms with E-state index in [1.165, 1.54) is 11.8 Å². The number of alkyl halides is 1. The fraction of sp³-hybridized carbons (Fsp3) is 0.417. The van der Waals surface area contributed by atoms with Gasteiger partial charge in [-0.2, -0.15) is 0 Å². The second-order valence-corrected chi connectivity index (χ2v) is 6.39. The molecule has 0 aromatic heterocycles. The minimum Gasteiger partial charge on any atom is -0.505 e. The largest absolute Gasteiger partial charge is 0.505 e. The summed E-state index contributed by atoms with van der Waals surface area (Å²) in [6.45, 7) is 0.607. The molecule has 104 valence electrons. The summed E-state index contributed by atoms with van der Waals surface area (Å²) in [6, 6.07) is 3.29. The molecule has 0 radical (unpaired) electrons. The topological polar surface area (TPSA) is 40.5 Å². The van der Waals surface area contributed by atoms with Crippen LogP contribution in [-0.2, 0) is 4.79 Å². The summed E-state index contributed by atoms with van der Waals surface area (Å²) in [7, 11) is 0. The fourth-order valence-corrected chi connectivity index (χ4v) is 3.75. The van der Waals surface area contributed by atoms with E-state index < -0.39 is 0 Å². The van der Waals surface area contributed by atoms with Crippen LogP contribution in [0, 0.1) is 0 Å². The highest BCUT2D eigenvalue weighted by atomic mass is 35.5. The molecule has 1 saturated heterocycles. The molecule has 0 saturated carbocycles. The molecule has 1 aliphatic rings. The molecule has 1 atom stereocenters. The molecule has 2 rings (SSSR count). The number of nitrogens with zero attached hydrogens (tertiary/aromatic N) is 1. The van der Waals surface area contributed by atoms with Crippen LogP contribution in [0.25, 0.3) is 0 Å². The standard InChI is InChI=1S/C12H12Cl3NO2S/c13-2-1-3-16-10(17)6-19-12(16)7-4-8(14)11(18)9(15)5-7/h4-5,12,18H,1-3,6H2. The lowest BCUT2D eigenvalue weighted by Crippen LogP contribution is -2.29. The molecule has 0 spiro atoms. The second kappa shape index (κ2) is 6.44. The van der Waals surface area contributed by atoms with Crippen LogP contribution in [0.4, 0.5) is 0 Å². The molecule has 1 aromatic carbocycles. The van der Waals surface area contributed by atoms with E-state index in [-0.39, 0.29) is 27.1 Å². The maximum Gasteiger partial charge on any atom is 0.233 e. The Morgan fingerprint density at radius 1 is 1.37 bits per heavy atom. The van der Waals surface area contributed by atoms with Gasteiger partial charge in [0.15, 0.2) is 5.75 Å². The van der Waals surface area contributed by atoms with E-state index in [2.05, 4.69) is 0 Å². The molecular weight excluding hydrogens is 329 g/mol. The van der Waals surface area contributed by atoms with Crippen molar-refractivity contribution in [1.29, 1.82) is 0 Å². The molecule has 1 heterocycles. The van der Waals surface area contributed by atoms with E-state index in [1.807, 2.05) is 0 Å². The van der Waals surface area contributed by atoms with Crippen LogP contribution in [0.2, 0.25) is 10.0 Å². The molecule has 3 nitrogen and oxygen atoms in total. The fourth-order valence-electron chi connectivity index (χ4n) is 1.93. The van der Waals surface area contributed by atoms with Crippen molar-refractivity contribution in [3.63, 3.8) is 0 Å². The number of phenols is 1. The zero-order valence-corrected chi connectivity index (χ0v) is 13.0. The Balaban J connectivity index is 2.27. The van der Waals surface area contributed by atoms with E-state index in [0.717, 1.165) is 12.0 Å². The highest BCUT2D eigenvalue weighted by molar-refractivity contribution is 8.00. The molecule has 19 heavy (non-hydrogen) atoms. The molecule has 1 N–H and O–H groups in total. The number of carbonyl (C=O) groups is 1. The summed E-state index contributed by atoms with van der Waals surface area (Å²) in [6.07, 6.45) is 0.740. The van der Waals surface area contributed by atoms with Gasteiger partial charge in [0.25, 0.3) is 0 Å². The van der Waals surface area contributed by atoms with Crippen LogP contribution in [0.15, 0.2) is 12.1 Å². The Morgan fingerprint density at radius 2 is 2.00 bits per heavy atom. The molecule has 1 unspecified atom stereocenters. The van der Waals surface area contributed by atoms with Crippen molar-refractivity contribution in [3.8, 4) is 5.75 Å². The van der Waals surface area contributed by atoms with Crippen LogP contribution in [0.3, 0.4) is 0 Å². The summed E-state index contributed by atoms with van der Waals surface area (Å²) in [4.78, 5) is 13.6. The van der Waals surface area contributed by atoms with Crippen LogP contribution in [0.5, 0.6) is 5.75 Å². The van der Waals surface area contributed by atoms with Crippen LogP contribution in [0.1, 0.15) is 17.4 Å². The Kier molecular flexibility index (Phi) is 5.12. The van der Waals surface area contributed by atoms with Gasteiger partial charge in [-0.3, -0.25) is 4.79 Å². The van der Waals surface area contributed by atoms with Crippen molar-refractivity contribution >= 4 is 52.5 Å². The van der Waals surface area contributed by atoms with Crippen molar-refractivity contribution < 1.29 is 9.90 Å². The third kappa shape index (κ3) is 3.24. The summed E-state index contributed by atoms with van der Waals surface area (Å²) in [5, 5.41) is 9.83. The van der Waals surface area contributed by atoms with E-state index in [1.54, 1.807) is 17.0 Å². The Bertz CT molecular complexity index is 475. The SMILES string of the molecule is O=C1CSC(c2cc(Cl)c(O)c(Cl)c2)N1CCCCl. The predicted octanol–water partition coefficient (Wildman–Crippen LogP) is 3.90. The summed E-state index contributed by atoms with van der Waals surface area (Å²) >= 11 is 19.0. The van der Waals surface area contributed by atoms with Gasteiger partial charge in [0.05, 0.1) is 15.8 Å². The smallest absolute Gasteiger partial charge is 0.233 e. The third-order valence-corrected chi connectivity index (χ3v) is 4.92. The maximum atomic E-state index is 11.8. The minimum absolute atomic E-state index is 0.0837. The first-order valence-corrected chi connectivity index (χ1v) is 8.03. The van der Waals surface area contributed by atoms with Crippen molar-refractivity contribution in [1.82, 2.24) is 4.90 Å². The van der Waals surface area contributed by atoms with Gasteiger partial charge in [0.1, 0.15) is 5.37 Å². The molecule has 1 fully saturated rings. The minimum atomic E-state index is -0.131. The van der Waals surface area contributed by atoms with E-state index in [0.29, 0.717) is 18.2 Å². The highest BCUT2D eigenvalue weighted by Gasteiger charge is 2.32. The summed E-state index contributed by atoms with van der Waals surface area (Å²) in [5.41, 5.74) is 0.818. The number of halogens is 3. The van der Waals surface area contributed by atoms with Gasteiger partial charge >= 0.3 is 0 Å². The van der Waals surface area contributed by atoms with Crippen molar-refractivity contribution in [2.24, 2.45) is 0 Å². The van der Waals surface area contributed by atoms with Crippen molar-refractivity contribution in [2.75, 3.05) is 18.2 Å². The van der Waals surface area contributed by atoms with E-state index in [9.17, 15) is 9.90 Å². The second-order valence-electron chi connectivity index (χ2n) is 4.13. The van der Waals surface area contributed by atoms with Gasteiger partial charge in [-0.1, -0.05) is 23.2 Å². The summed E-state index contributed by atoms with van der Waals surface area (Å²) < 4.78 is 0. The first kappa shape index (κ1) is 15.1. The monoisotopic (exact) mass is 339 g/mol. The van der Waals surface area contributed by atoms with Crippen LogP contribution >= 0.6 is 46.6 Å². The van der Waals surface area contributed by atoms with E-state index in [4.69, 9.17) is 34.8 Å². The first-order chi connectivity index (χ1) is 9.04. The molecule has 1 aromatic rings. The quantitative estimate of drug-likeness (QED) is 0.845. The van der Waals surface area contributed by atoms with Crippen molar-refractivity contribution in [2.45, 2.75) is 11.8 Å². The average Bonchev–Trinajstić information content (AvgIpc) is 2.74. The molecule has 0 aliphatic carbocycles. The highest BCUT2D eigenvalue weighted by Crippen LogP contribution is 2.43. The number of benzene rings is 1. The lowest BCUT2D eigenvalue weighted by Gasteiger charge is -2.24. The molecule has 1 aliphatic heterocycles. The van der Waals surface area contributed by atoms with Gasteiger partial charge in [-0.15, -0.1) is 23.4 Å². The number of thioether (sulfide) groups is 1. The number of hydrogen-bond acceptors (Lipinski definition) is 3. The number of carbonyl (C=O) groups excluding carboxylic acids is 1. The normalized spacial score (nSPS) is 19.2. The zero-order valence-electron chi connectivity index (χ0n) is 9.91. The molecular formula is C12H12Cl3NO2S. The Labute approximate surface area is 130 Å². The van der Waals surface area contributed by atoms with Gasteiger partial charge in [-0.05, 0) is 24.1 Å². The Morgan fingerprint density at radius 3 is 2.58 bits per heavy atom. The van der Waals surface area contributed by atoms with Crippen LogP contribution in [-0.4, -0.2) is 34.1 Å². The predicted molar refractivity (Wildman–Crippen MR) is 80.4 cm³/mol. The Hall–Kier alpha value is -0.290. The van der Waals surface area contributed by atoms with Gasteiger partial charge < -0.3 is 10.0 Å². The molecule has 0 bridgehead atoms. The van der Waals surface area contributed by atoms with Gasteiger partial charge in [-0.25, -0.2) is 0 Å². The number of amides is 1. The average molecular weight is 341 g/mol. The number of rotatable bonds is 4. The van der Waals surface area contributed by atoms with Gasteiger partial charge in [0.2, 0.25) is 5.91 Å². The number of hydrogen-bond donors (Lipinski definition) is 1. The molecule has 1 amide bonds. The number of phenolic OH excluding ortho intramolecular Hbond substituents is 1. The summed E-state index contributed by atoms with van der Waals surface area (Å²) in [5.74, 6) is 0.899.